The number of piperidine rings is 1. The van der Waals surface area contributed by atoms with Crippen LogP contribution in [-0.2, 0) is 21.4 Å². The smallest absolute Gasteiger partial charge is 0.238 e. The predicted molar refractivity (Wildman–Crippen MR) is 138 cm³/mol. The van der Waals surface area contributed by atoms with Gasteiger partial charge < -0.3 is 15.2 Å². The fourth-order valence-electron chi connectivity index (χ4n) is 4.70. The van der Waals surface area contributed by atoms with Gasteiger partial charge in [-0.05, 0) is 50.7 Å². The molecule has 1 aromatic heterocycles. The Balaban J connectivity index is 1.42. The van der Waals surface area contributed by atoms with Gasteiger partial charge in [0.15, 0.2) is 0 Å². The van der Waals surface area contributed by atoms with E-state index in [1.807, 2.05) is 0 Å². The molecule has 1 saturated carbocycles. The Kier molecular flexibility index (Phi) is 8.63. The Bertz CT molecular complexity index is 1230. The number of rotatable bonds is 12. The molecule has 0 radical (unpaired) electrons. The van der Waals surface area contributed by atoms with Crippen LogP contribution in [0.5, 0.6) is 0 Å². The van der Waals surface area contributed by atoms with E-state index in [9.17, 15) is 22.0 Å². The Hall–Kier alpha value is -2.79. The van der Waals surface area contributed by atoms with E-state index in [-0.39, 0.29) is 30.3 Å². The number of sulfonamides is 1. The lowest BCUT2D eigenvalue weighted by molar-refractivity contribution is -0.123. The van der Waals surface area contributed by atoms with Crippen LogP contribution in [0, 0.1) is 17.6 Å². The van der Waals surface area contributed by atoms with Crippen molar-refractivity contribution in [2.24, 2.45) is 5.92 Å². The molecule has 202 valence electrons. The third-order valence-electron chi connectivity index (χ3n) is 7.06. The first kappa shape index (κ1) is 27.3. The third kappa shape index (κ3) is 7.61. The Morgan fingerprint density at radius 1 is 1.27 bits per heavy atom. The van der Waals surface area contributed by atoms with Crippen LogP contribution in [0.1, 0.15) is 57.7 Å². The number of likely N-dealkylation sites (tertiary alicyclic amines) is 1. The van der Waals surface area contributed by atoms with Crippen LogP contribution >= 0.6 is 0 Å². The number of nitrogens with zero attached hydrogens (tertiary/aromatic N) is 2. The van der Waals surface area contributed by atoms with Crippen molar-refractivity contribution >= 4 is 15.9 Å². The summed E-state index contributed by atoms with van der Waals surface area (Å²) in [5.41, 5.74) is 1.22. The first-order valence-corrected chi connectivity index (χ1v) is 14.5. The number of hydrogen-bond donors (Lipinski definition) is 3. The molecule has 0 spiro atoms. The molecule has 11 heteroatoms. The van der Waals surface area contributed by atoms with Crippen molar-refractivity contribution in [1.29, 1.82) is 0 Å². The van der Waals surface area contributed by atoms with Gasteiger partial charge in [0.25, 0.3) is 0 Å². The van der Waals surface area contributed by atoms with Crippen molar-refractivity contribution in [1.82, 2.24) is 24.9 Å². The zero-order valence-corrected chi connectivity index (χ0v) is 21.9. The van der Waals surface area contributed by atoms with Gasteiger partial charge in [0.1, 0.15) is 23.5 Å². The number of nitrogens with one attached hydrogen (secondary N) is 3. The molecule has 2 heterocycles. The monoisotopic (exact) mass is 535 g/mol. The SMILES string of the molecule is C=C(C[C@H](NS(=O)(=O)CCC1CC1)C(=O)NCc1ncc(-c2ccc(F)cc2F)[nH]1)N1CCCC[C@@H]1C. The lowest BCUT2D eigenvalue weighted by Gasteiger charge is -2.37. The number of aromatic amines is 1. The zero-order valence-electron chi connectivity index (χ0n) is 21.1. The second-order valence-corrected chi connectivity index (χ2v) is 12.0. The van der Waals surface area contributed by atoms with Gasteiger partial charge in [0, 0.05) is 36.3 Å². The number of carbonyl (C=O) groups is 1. The van der Waals surface area contributed by atoms with Crippen molar-refractivity contribution in [3.63, 3.8) is 0 Å². The number of aromatic nitrogens is 2. The van der Waals surface area contributed by atoms with E-state index in [1.54, 1.807) is 0 Å². The van der Waals surface area contributed by atoms with Gasteiger partial charge in [-0.25, -0.2) is 26.9 Å². The Labute approximate surface area is 217 Å². The van der Waals surface area contributed by atoms with Crippen LogP contribution in [0.15, 0.2) is 36.7 Å². The van der Waals surface area contributed by atoms with Gasteiger partial charge in [-0.3, -0.25) is 4.79 Å². The van der Waals surface area contributed by atoms with Crippen LogP contribution in [0.2, 0.25) is 0 Å². The summed E-state index contributed by atoms with van der Waals surface area (Å²) in [5, 5.41) is 2.73. The number of imidazole rings is 1. The maximum atomic E-state index is 14.1. The fraction of sp³-hybridized carbons (Fsp3) is 0.538. The van der Waals surface area contributed by atoms with Crippen LogP contribution in [0.4, 0.5) is 8.78 Å². The van der Waals surface area contributed by atoms with Crippen LogP contribution in [0.25, 0.3) is 11.3 Å². The summed E-state index contributed by atoms with van der Waals surface area (Å²) in [6.45, 7) is 7.09. The number of amides is 1. The maximum absolute atomic E-state index is 14.1. The van der Waals surface area contributed by atoms with Gasteiger partial charge in [-0.1, -0.05) is 19.4 Å². The summed E-state index contributed by atoms with van der Waals surface area (Å²) < 4.78 is 55.5. The molecule has 8 nitrogen and oxygen atoms in total. The highest BCUT2D eigenvalue weighted by Crippen LogP contribution is 2.32. The Morgan fingerprint density at radius 3 is 2.76 bits per heavy atom. The standard InChI is InChI=1S/C26H35F2N5O3S/c1-17-5-3-4-11-33(17)18(2)13-23(32-37(35,36)12-10-19-6-7-19)26(34)30-16-25-29-15-24(31-25)21-9-8-20(27)14-22(21)28/h8-9,14-15,17,19,23,32H,2-7,10-13,16H2,1H3,(H,29,31)(H,30,34)/t17-,23-/m0/s1. The molecule has 2 aliphatic rings. The number of H-pyrrole nitrogens is 1. The first-order chi connectivity index (χ1) is 17.6. The molecule has 1 aromatic carbocycles. The number of hydrogen-bond acceptors (Lipinski definition) is 5. The van der Waals surface area contributed by atoms with E-state index < -0.39 is 33.6 Å². The molecule has 1 aliphatic carbocycles. The van der Waals surface area contributed by atoms with Crippen LogP contribution < -0.4 is 10.0 Å². The number of halogens is 2. The normalized spacial score (nSPS) is 19.0. The summed E-state index contributed by atoms with van der Waals surface area (Å²) >= 11 is 0. The van der Waals surface area contributed by atoms with Gasteiger partial charge in [-0.2, -0.15) is 0 Å². The van der Waals surface area contributed by atoms with E-state index in [2.05, 4.69) is 38.4 Å². The molecule has 2 fully saturated rings. The third-order valence-corrected chi connectivity index (χ3v) is 8.48. The highest BCUT2D eigenvalue weighted by molar-refractivity contribution is 7.89. The van der Waals surface area contributed by atoms with E-state index in [0.29, 0.717) is 23.9 Å². The van der Waals surface area contributed by atoms with Crippen molar-refractivity contribution in [2.75, 3.05) is 12.3 Å². The molecule has 3 N–H and O–H groups in total. The highest BCUT2D eigenvalue weighted by Gasteiger charge is 2.30. The van der Waals surface area contributed by atoms with Gasteiger partial charge in [0.2, 0.25) is 15.9 Å². The Morgan fingerprint density at radius 2 is 2.05 bits per heavy atom. The van der Waals surface area contributed by atoms with E-state index in [1.165, 1.54) is 12.3 Å². The van der Waals surface area contributed by atoms with E-state index >= 15 is 0 Å². The predicted octanol–water partition coefficient (Wildman–Crippen LogP) is 3.84. The molecule has 2 atom stereocenters. The van der Waals surface area contributed by atoms with Gasteiger partial charge >= 0.3 is 0 Å². The average Bonchev–Trinajstić information content (AvgIpc) is 3.57. The zero-order chi connectivity index (χ0) is 26.6. The lowest BCUT2D eigenvalue weighted by Crippen LogP contribution is -2.49. The fourth-order valence-corrected chi connectivity index (χ4v) is 6.09. The molecule has 1 saturated heterocycles. The quantitative estimate of drug-likeness (QED) is 0.383. The second-order valence-electron chi connectivity index (χ2n) is 10.1. The van der Waals surface area contributed by atoms with Crippen molar-refractivity contribution in [3.05, 3.63) is 54.1 Å². The second kappa shape index (κ2) is 11.7. The van der Waals surface area contributed by atoms with Crippen molar-refractivity contribution in [2.45, 2.75) is 70.5 Å². The van der Waals surface area contributed by atoms with E-state index in [0.717, 1.165) is 56.5 Å². The molecular weight excluding hydrogens is 500 g/mol. The topological polar surface area (TPSA) is 107 Å². The maximum Gasteiger partial charge on any atom is 0.238 e. The first-order valence-electron chi connectivity index (χ1n) is 12.8. The minimum Gasteiger partial charge on any atom is -0.373 e. The highest BCUT2D eigenvalue weighted by atomic mass is 32.2. The van der Waals surface area contributed by atoms with Crippen molar-refractivity contribution in [3.8, 4) is 11.3 Å². The molecule has 4 rings (SSSR count). The van der Waals surface area contributed by atoms with Gasteiger partial charge in [0.05, 0.1) is 24.2 Å². The molecule has 37 heavy (non-hydrogen) atoms. The minimum absolute atomic E-state index is 0.0151. The number of carbonyl (C=O) groups excluding carboxylic acids is 1. The molecular formula is C26H35F2N5O3S. The summed E-state index contributed by atoms with van der Waals surface area (Å²) in [4.78, 5) is 22.4. The van der Waals surface area contributed by atoms with E-state index in [4.69, 9.17) is 0 Å². The van der Waals surface area contributed by atoms with Crippen molar-refractivity contribution < 1.29 is 22.0 Å². The minimum atomic E-state index is -3.66. The summed E-state index contributed by atoms with van der Waals surface area (Å²) in [6.07, 6.45) is 7.43. The summed E-state index contributed by atoms with van der Waals surface area (Å²) in [5.74, 6) is -1.12. The largest absolute Gasteiger partial charge is 0.373 e. The molecule has 1 aliphatic heterocycles. The summed E-state index contributed by atoms with van der Waals surface area (Å²) in [6, 6.07) is 2.50. The van der Waals surface area contributed by atoms with Gasteiger partial charge in [-0.15, -0.1) is 0 Å². The summed E-state index contributed by atoms with van der Waals surface area (Å²) in [7, 11) is -3.66. The number of benzene rings is 1. The molecule has 0 bridgehead atoms. The lowest BCUT2D eigenvalue weighted by atomic mass is 10.0. The molecule has 1 amide bonds. The molecule has 0 unspecified atom stereocenters. The van der Waals surface area contributed by atoms with Crippen LogP contribution in [0.3, 0.4) is 0 Å². The average molecular weight is 536 g/mol. The molecule has 2 aromatic rings. The van der Waals surface area contributed by atoms with Crippen LogP contribution in [-0.4, -0.2) is 53.6 Å².